The van der Waals surface area contributed by atoms with E-state index < -0.39 is 6.04 Å². The van der Waals surface area contributed by atoms with Crippen molar-refractivity contribution in [2.45, 2.75) is 13.0 Å². The van der Waals surface area contributed by atoms with Crippen LogP contribution in [0.4, 0.5) is 4.39 Å². The molecule has 3 heterocycles. The van der Waals surface area contributed by atoms with E-state index in [4.69, 9.17) is 0 Å². The van der Waals surface area contributed by atoms with Crippen molar-refractivity contribution in [2.75, 3.05) is 0 Å². The summed E-state index contributed by atoms with van der Waals surface area (Å²) < 4.78 is 16.8. The van der Waals surface area contributed by atoms with Crippen LogP contribution in [0.15, 0.2) is 55.1 Å². The van der Waals surface area contributed by atoms with Gasteiger partial charge >= 0.3 is 0 Å². The molecule has 4 rings (SSSR count). The van der Waals surface area contributed by atoms with Crippen LogP contribution < -0.4 is 5.32 Å². The Morgan fingerprint density at radius 1 is 1.03 bits per heavy atom. The number of hydrogen-bond acceptors (Lipinski definition) is 5. The lowest BCUT2D eigenvalue weighted by atomic mass is 10.1. The van der Waals surface area contributed by atoms with Crippen LogP contribution in [0, 0.1) is 5.82 Å². The normalized spacial score (nSPS) is 12.0. The fourth-order valence-corrected chi connectivity index (χ4v) is 3.06. The van der Waals surface area contributed by atoms with Crippen molar-refractivity contribution >= 4 is 5.91 Å². The van der Waals surface area contributed by atoms with Crippen LogP contribution in [0.5, 0.6) is 0 Å². The molecule has 1 amide bonds. The topological polar surface area (TPSA) is 90.5 Å². The van der Waals surface area contributed by atoms with Crippen LogP contribution in [0.25, 0.3) is 22.6 Å². The Hall–Kier alpha value is -3.88. The summed E-state index contributed by atoms with van der Waals surface area (Å²) in [5.74, 6) is -0.356. The molecule has 3 aromatic heterocycles. The van der Waals surface area contributed by atoms with Gasteiger partial charge in [-0.3, -0.25) is 14.2 Å². The van der Waals surface area contributed by atoms with E-state index in [0.29, 0.717) is 22.6 Å². The lowest BCUT2D eigenvalue weighted by molar-refractivity contribution is 0.0934. The van der Waals surface area contributed by atoms with Gasteiger partial charge in [-0.1, -0.05) is 12.1 Å². The average molecular weight is 405 g/mol. The van der Waals surface area contributed by atoms with E-state index >= 15 is 0 Å². The molecular weight excluding hydrogens is 385 g/mol. The Kier molecular flexibility index (Phi) is 5.09. The lowest BCUT2D eigenvalue weighted by Crippen LogP contribution is -2.27. The average Bonchev–Trinajstić information content (AvgIpc) is 3.36. The van der Waals surface area contributed by atoms with Crippen LogP contribution in [-0.2, 0) is 14.1 Å². The van der Waals surface area contributed by atoms with E-state index in [1.54, 1.807) is 67.2 Å². The third-order valence-electron chi connectivity index (χ3n) is 4.62. The van der Waals surface area contributed by atoms with Gasteiger partial charge in [0.05, 0.1) is 29.7 Å². The summed E-state index contributed by atoms with van der Waals surface area (Å²) in [6.07, 6.45) is 6.90. The van der Waals surface area contributed by atoms with Gasteiger partial charge in [-0.15, -0.1) is 0 Å². The highest BCUT2D eigenvalue weighted by Gasteiger charge is 2.18. The first-order valence-electron chi connectivity index (χ1n) is 9.32. The van der Waals surface area contributed by atoms with Crippen molar-refractivity contribution in [3.8, 4) is 22.6 Å². The number of aryl methyl sites for hydroxylation is 2. The van der Waals surface area contributed by atoms with E-state index in [1.807, 2.05) is 6.20 Å². The Morgan fingerprint density at radius 2 is 1.73 bits per heavy atom. The summed E-state index contributed by atoms with van der Waals surface area (Å²) in [6, 6.07) is 7.35. The molecule has 0 bridgehead atoms. The molecule has 1 N–H and O–H groups in total. The molecule has 9 heteroatoms. The molecule has 8 nitrogen and oxygen atoms in total. The molecule has 1 aromatic carbocycles. The molecule has 0 aliphatic rings. The van der Waals surface area contributed by atoms with Crippen molar-refractivity contribution in [2.24, 2.45) is 14.1 Å². The largest absolute Gasteiger partial charge is 0.344 e. The fraction of sp³-hybridized carbons (Fsp3) is 0.190. The molecule has 0 saturated carbocycles. The summed E-state index contributed by atoms with van der Waals surface area (Å²) in [5, 5.41) is 11.2. The standard InChI is InChI=1S/C21H20FN7O/c1-13(14-5-4-6-17(22)7-14)25-21(30)19-8-18(15-9-23-28(2)11-15)26-20(27-19)16-10-24-29(3)12-16/h4-13H,1-3H3,(H,25,30). The molecule has 0 saturated heterocycles. The molecule has 0 spiro atoms. The number of amides is 1. The predicted molar refractivity (Wildman–Crippen MR) is 109 cm³/mol. The number of aromatic nitrogens is 6. The van der Waals surface area contributed by atoms with Gasteiger partial charge in [0.25, 0.3) is 5.91 Å². The van der Waals surface area contributed by atoms with E-state index in [1.165, 1.54) is 12.1 Å². The molecule has 1 atom stereocenters. The third-order valence-corrected chi connectivity index (χ3v) is 4.62. The van der Waals surface area contributed by atoms with Gasteiger partial charge in [0.2, 0.25) is 0 Å². The minimum Gasteiger partial charge on any atom is -0.344 e. The van der Waals surface area contributed by atoms with Gasteiger partial charge in [-0.05, 0) is 30.7 Å². The van der Waals surface area contributed by atoms with Gasteiger partial charge in [-0.2, -0.15) is 10.2 Å². The Bertz CT molecular complexity index is 1160. The molecule has 4 aromatic rings. The summed E-state index contributed by atoms with van der Waals surface area (Å²) >= 11 is 0. The highest BCUT2D eigenvalue weighted by atomic mass is 19.1. The van der Waals surface area contributed by atoms with Gasteiger partial charge in [0.15, 0.2) is 5.82 Å². The Labute approximate surface area is 172 Å². The van der Waals surface area contributed by atoms with E-state index in [-0.39, 0.29) is 17.4 Å². The molecular formula is C21H20FN7O. The maximum Gasteiger partial charge on any atom is 0.270 e. The highest BCUT2D eigenvalue weighted by Crippen LogP contribution is 2.22. The van der Waals surface area contributed by atoms with Gasteiger partial charge < -0.3 is 5.32 Å². The second kappa shape index (κ2) is 7.86. The van der Waals surface area contributed by atoms with Crippen LogP contribution in [0.1, 0.15) is 29.0 Å². The molecule has 0 radical (unpaired) electrons. The first kappa shape index (κ1) is 19.4. The first-order valence-corrected chi connectivity index (χ1v) is 9.32. The highest BCUT2D eigenvalue weighted by molar-refractivity contribution is 5.94. The molecule has 0 aliphatic carbocycles. The Balaban J connectivity index is 1.69. The number of halogens is 1. The maximum absolute atomic E-state index is 13.5. The minimum absolute atomic E-state index is 0.200. The number of carbonyl (C=O) groups is 1. The van der Waals surface area contributed by atoms with Crippen molar-refractivity contribution in [3.63, 3.8) is 0 Å². The van der Waals surface area contributed by atoms with E-state index in [0.717, 1.165) is 5.56 Å². The predicted octanol–water partition coefficient (Wildman–Crippen LogP) is 2.91. The summed E-state index contributed by atoms with van der Waals surface area (Å²) in [7, 11) is 3.60. The van der Waals surface area contributed by atoms with E-state index in [2.05, 4.69) is 25.5 Å². The van der Waals surface area contributed by atoms with Crippen molar-refractivity contribution in [1.82, 2.24) is 34.8 Å². The Morgan fingerprint density at radius 3 is 2.37 bits per heavy atom. The molecule has 1 unspecified atom stereocenters. The van der Waals surface area contributed by atoms with Crippen LogP contribution in [0.2, 0.25) is 0 Å². The third kappa shape index (κ3) is 4.09. The SMILES string of the molecule is CC(NC(=O)c1cc(-c2cnn(C)c2)nc(-c2cnn(C)c2)n1)c1cccc(F)c1. The summed E-state index contributed by atoms with van der Waals surface area (Å²) in [6.45, 7) is 1.79. The number of nitrogens with zero attached hydrogens (tertiary/aromatic N) is 6. The second-order valence-corrected chi connectivity index (χ2v) is 7.02. The number of hydrogen-bond donors (Lipinski definition) is 1. The number of nitrogens with one attached hydrogen (secondary N) is 1. The monoisotopic (exact) mass is 405 g/mol. The quantitative estimate of drug-likeness (QED) is 0.551. The number of carbonyl (C=O) groups excluding carboxylic acids is 1. The zero-order valence-electron chi connectivity index (χ0n) is 16.7. The lowest BCUT2D eigenvalue weighted by Gasteiger charge is -2.15. The summed E-state index contributed by atoms with van der Waals surface area (Å²) in [4.78, 5) is 22.0. The van der Waals surface area contributed by atoms with E-state index in [9.17, 15) is 9.18 Å². The molecule has 0 fully saturated rings. The van der Waals surface area contributed by atoms with Crippen LogP contribution >= 0.6 is 0 Å². The molecule has 0 aliphatic heterocycles. The summed E-state index contributed by atoms with van der Waals surface area (Å²) in [5.41, 5.74) is 2.89. The van der Waals surface area contributed by atoms with Crippen LogP contribution in [-0.4, -0.2) is 35.4 Å². The van der Waals surface area contributed by atoms with Crippen molar-refractivity contribution in [1.29, 1.82) is 0 Å². The molecule has 30 heavy (non-hydrogen) atoms. The van der Waals surface area contributed by atoms with Gasteiger partial charge in [0, 0.05) is 32.1 Å². The fourth-order valence-electron chi connectivity index (χ4n) is 3.06. The van der Waals surface area contributed by atoms with Crippen LogP contribution in [0.3, 0.4) is 0 Å². The first-order chi connectivity index (χ1) is 14.4. The smallest absolute Gasteiger partial charge is 0.270 e. The number of rotatable bonds is 5. The minimum atomic E-state index is -0.396. The van der Waals surface area contributed by atoms with Gasteiger partial charge in [-0.25, -0.2) is 14.4 Å². The number of benzene rings is 1. The van der Waals surface area contributed by atoms with Gasteiger partial charge in [0.1, 0.15) is 11.5 Å². The van der Waals surface area contributed by atoms with Crippen molar-refractivity contribution < 1.29 is 9.18 Å². The molecule has 152 valence electrons. The second-order valence-electron chi connectivity index (χ2n) is 7.02. The van der Waals surface area contributed by atoms with Crippen molar-refractivity contribution in [3.05, 3.63) is 72.2 Å². The zero-order chi connectivity index (χ0) is 21.3. The maximum atomic E-state index is 13.5. The zero-order valence-corrected chi connectivity index (χ0v) is 16.7.